The fourth-order valence-electron chi connectivity index (χ4n) is 1.82. The average Bonchev–Trinajstić information content (AvgIpc) is 2.98. The van der Waals surface area contributed by atoms with Crippen molar-refractivity contribution >= 4 is 17.2 Å². The second-order valence-corrected chi connectivity index (χ2v) is 6.05. The lowest BCUT2D eigenvalue weighted by molar-refractivity contribution is 0.0745. The van der Waals surface area contributed by atoms with Crippen LogP contribution >= 0.6 is 11.3 Å². The molecule has 0 aromatic carbocycles. The van der Waals surface area contributed by atoms with Gasteiger partial charge in [0.2, 0.25) is 5.76 Å². The molecule has 0 spiro atoms. The molecule has 0 unspecified atom stereocenters. The molecule has 2 aromatic rings. The molecule has 0 atom stereocenters. The van der Waals surface area contributed by atoms with E-state index in [4.69, 9.17) is 4.52 Å². The van der Waals surface area contributed by atoms with Crippen LogP contribution in [-0.4, -0.2) is 23.0 Å². The third-order valence-corrected chi connectivity index (χ3v) is 3.57. The smallest absolute Gasteiger partial charge is 0.292 e. The van der Waals surface area contributed by atoms with Crippen molar-refractivity contribution in [2.24, 2.45) is 5.92 Å². The zero-order valence-corrected chi connectivity index (χ0v) is 12.2. The number of carbonyl (C=O) groups is 1. The number of rotatable bonds is 5. The number of hydrogen-bond donors (Lipinski definition) is 0. The highest BCUT2D eigenvalue weighted by molar-refractivity contribution is 7.09. The van der Waals surface area contributed by atoms with Crippen molar-refractivity contribution in [1.82, 2.24) is 10.1 Å². The molecular weight excluding hydrogens is 260 g/mol. The number of aromatic nitrogens is 1. The van der Waals surface area contributed by atoms with E-state index >= 15 is 0 Å². The maximum Gasteiger partial charge on any atom is 0.292 e. The Morgan fingerprint density at radius 3 is 2.95 bits per heavy atom. The van der Waals surface area contributed by atoms with Crippen LogP contribution in [0.25, 0.3) is 0 Å². The van der Waals surface area contributed by atoms with Crippen molar-refractivity contribution in [2.75, 3.05) is 7.05 Å². The van der Waals surface area contributed by atoms with Gasteiger partial charge in [-0.15, -0.1) is 11.3 Å². The van der Waals surface area contributed by atoms with E-state index in [9.17, 15) is 4.79 Å². The summed E-state index contributed by atoms with van der Waals surface area (Å²) in [4.78, 5) is 15.0. The van der Waals surface area contributed by atoms with Gasteiger partial charge in [0.05, 0.1) is 12.2 Å². The Morgan fingerprint density at radius 2 is 2.32 bits per heavy atom. The molecule has 0 aliphatic rings. The van der Waals surface area contributed by atoms with E-state index in [1.807, 2.05) is 17.5 Å². The highest BCUT2D eigenvalue weighted by Crippen LogP contribution is 2.14. The van der Waals surface area contributed by atoms with E-state index < -0.39 is 0 Å². The van der Waals surface area contributed by atoms with Crippen LogP contribution in [0, 0.1) is 5.92 Å². The monoisotopic (exact) mass is 278 g/mol. The van der Waals surface area contributed by atoms with Gasteiger partial charge in [-0.2, -0.15) is 0 Å². The fourth-order valence-corrected chi connectivity index (χ4v) is 2.58. The second kappa shape index (κ2) is 6.02. The van der Waals surface area contributed by atoms with Crippen LogP contribution in [0.1, 0.15) is 35.0 Å². The van der Waals surface area contributed by atoms with Gasteiger partial charge in [-0.1, -0.05) is 25.1 Å². The molecule has 2 rings (SSSR count). The average molecular weight is 278 g/mol. The summed E-state index contributed by atoms with van der Waals surface area (Å²) in [5.74, 6) is 0.683. The van der Waals surface area contributed by atoms with Crippen molar-refractivity contribution in [3.8, 4) is 0 Å². The standard InChI is InChI=1S/C14H18N2O2S/c1-10(2)7-11-8-13(18-15-11)14(17)16(3)9-12-5-4-6-19-12/h4-6,8,10H,7,9H2,1-3H3. The van der Waals surface area contributed by atoms with E-state index in [1.165, 1.54) is 0 Å². The summed E-state index contributed by atoms with van der Waals surface area (Å²) in [6.07, 6.45) is 0.825. The van der Waals surface area contributed by atoms with Gasteiger partial charge in [-0.05, 0) is 23.8 Å². The van der Waals surface area contributed by atoms with Crippen LogP contribution in [0.3, 0.4) is 0 Å². The molecule has 2 heterocycles. The van der Waals surface area contributed by atoms with Gasteiger partial charge >= 0.3 is 0 Å². The van der Waals surface area contributed by atoms with E-state index in [0.29, 0.717) is 18.2 Å². The lowest BCUT2D eigenvalue weighted by Crippen LogP contribution is -2.25. The summed E-state index contributed by atoms with van der Waals surface area (Å²) < 4.78 is 5.13. The number of carbonyl (C=O) groups excluding carboxylic acids is 1. The molecule has 0 saturated carbocycles. The Balaban J connectivity index is 2.00. The molecule has 0 bridgehead atoms. The maximum absolute atomic E-state index is 12.2. The zero-order chi connectivity index (χ0) is 13.8. The molecule has 2 aromatic heterocycles. The molecule has 0 saturated heterocycles. The minimum Gasteiger partial charge on any atom is -0.351 e. The number of nitrogens with zero attached hydrogens (tertiary/aromatic N) is 2. The fraction of sp³-hybridized carbons (Fsp3) is 0.429. The van der Waals surface area contributed by atoms with E-state index in [0.717, 1.165) is 17.0 Å². The number of hydrogen-bond acceptors (Lipinski definition) is 4. The quantitative estimate of drug-likeness (QED) is 0.843. The van der Waals surface area contributed by atoms with Crippen molar-refractivity contribution in [1.29, 1.82) is 0 Å². The molecule has 102 valence electrons. The molecule has 0 aliphatic heterocycles. The van der Waals surface area contributed by atoms with Crippen molar-refractivity contribution in [3.63, 3.8) is 0 Å². The largest absolute Gasteiger partial charge is 0.351 e. The second-order valence-electron chi connectivity index (χ2n) is 5.02. The first-order valence-electron chi connectivity index (χ1n) is 6.29. The van der Waals surface area contributed by atoms with Gasteiger partial charge in [0.1, 0.15) is 0 Å². The molecule has 0 fully saturated rings. The lowest BCUT2D eigenvalue weighted by atomic mass is 10.1. The van der Waals surface area contributed by atoms with E-state index in [-0.39, 0.29) is 5.91 Å². The zero-order valence-electron chi connectivity index (χ0n) is 11.4. The van der Waals surface area contributed by atoms with Gasteiger partial charge in [0.15, 0.2) is 0 Å². The molecular formula is C14H18N2O2S. The van der Waals surface area contributed by atoms with Gasteiger partial charge in [0.25, 0.3) is 5.91 Å². The van der Waals surface area contributed by atoms with E-state index in [2.05, 4.69) is 19.0 Å². The van der Waals surface area contributed by atoms with Gasteiger partial charge in [-0.25, -0.2) is 0 Å². The molecule has 1 amide bonds. The summed E-state index contributed by atoms with van der Waals surface area (Å²) in [5.41, 5.74) is 0.836. The normalized spacial score (nSPS) is 10.9. The minimum atomic E-state index is -0.129. The Labute approximate surface area is 117 Å². The topological polar surface area (TPSA) is 46.3 Å². The Kier molecular flexibility index (Phi) is 4.37. The number of thiophene rings is 1. The van der Waals surface area contributed by atoms with Crippen molar-refractivity contribution in [3.05, 3.63) is 39.9 Å². The van der Waals surface area contributed by atoms with E-state index in [1.54, 1.807) is 29.4 Å². The number of amides is 1. The van der Waals surface area contributed by atoms with Crippen molar-refractivity contribution < 1.29 is 9.32 Å². The van der Waals surface area contributed by atoms with Crippen LogP contribution in [0.4, 0.5) is 0 Å². The molecule has 0 aliphatic carbocycles. The summed E-state index contributed by atoms with van der Waals surface area (Å²) in [6.45, 7) is 4.81. The summed E-state index contributed by atoms with van der Waals surface area (Å²) in [5, 5.41) is 5.94. The summed E-state index contributed by atoms with van der Waals surface area (Å²) >= 11 is 1.64. The van der Waals surface area contributed by atoms with Crippen molar-refractivity contribution in [2.45, 2.75) is 26.8 Å². The van der Waals surface area contributed by atoms with Gasteiger partial charge in [0, 0.05) is 18.0 Å². The first-order chi connectivity index (χ1) is 9.06. The van der Waals surface area contributed by atoms with Gasteiger partial charge in [-0.3, -0.25) is 4.79 Å². The third-order valence-electron chi connectivity index (χ3n) is 2.71. The van der Waals surface area contributed by atoms with Crippen LogP contribution in [0.15, 0.2) is 28.1 Å². The van der Waals surface area contributed by atoms with Crippen LogP contribution in [0.2, 0.25) is 0 Å². The molecule has 19 heavy (non-hydrogen) atoms. The first kappa shape index (κ1) is 13.8. The Bertz CT molecular complexity index is 531. The minimum absolute atomic E-state index is 0.129. The van der Waals surface area contributed by atoms with Crippen LogP contribution in [0.5, 0.6) is 0 Å². The molecule has 4 nitrogen and oxygen atoms in total. The maximum atomic E-state index is 12.2. The summed E-state index contributed by atoms with van der Waals surface area (Å²) in [6, 6.07) is 5.74. The Morgan fingerprint density at radius 1 is 1.53 bits per heavy atom. The van der Waals surface area contributed by atoms with Crippen LogP contribution in [-0.2, 0) is 13.0 Å². The highest BCUT2D eigenvalue weighted by atomic mass is 32.1. The lowest BCUT2D eigenvalue weighted by Gasteiger charge is -2.13. The molecule has 0 radical (unpaired) electrons. The van der Waals surface area contributed by atoms with Gasteiger partial charge < -0.3 is 9.42 Å². The highest BCUT2D eigenvalue weighted by Gasteiger charge is 2.18. The first-order valence-corrected chi connectivity index (χ1v) is 7.17. The predicted octanol–water partition coefficient (Wildman–Crippen LogP) is 3.21. The molecule has 5 heteroatoms. The SMILES string of the molecule is CC(C)Cc1cc(C(=O)N(C)Cc2cccs2)on1. The predicted molar refractivity (Wildman–Crippen MR) is 75.2 cm³/mol. The Hall–Kier alpha value is -1.62. The summed E-state index contributed by atoms with van der Waals surface area (Å²) in [7, 11) is 1.77. The van der Waals surface area contributed by atoms with Crippen LogP contribution < -0.4 is 0 Å². The third kappa shape index (κ3) is 3.67. The molecule has 0 N–H and O–H groups in total.